The second-order valence-corrected chi connectivity index (χ2v) is 5.86. The van der Waals surface area contributed by atoms with Gasteiger partial charge in [0.2, 0.25) is 0 Å². The highest BCUT2D eigenvalue weighted by Crippen LogP contribution is 2.17. The van der Waals surface area contributed by atoms with E-state index in [9.17, 15) is 4.79 Å². The van der Waals surface area contributed by atoms with Gasteiger partial charge in [0.25, 0.3) is 5.91 Å². The van der Waals surface area contributed by atoms with E-state index in [4.69, 9.17) is 9.47 Å². The summed E-state index contributed by atoms with van der Waals surface area (Å²) in [5.41, 5.74) is 1.28. The zero-order chi connectivity index (χ0) is 17.5. The van der Waals surface area contributed by atoms with Crippen molar-refractivity contribution in [2.24, 2.45) is 0 Å². The number of amides is 1. The summed E-state index contributed by atoms with van der Waals surface area (Å²) in [4.78, 5) is 16.7. The molecule has 1 unspecified atom stereocenters. The highest BCUT2D eigenvalue weighted by Gasteiger charge is 2.15. The molecule has 1 saturated heterocycles. The summed E-state index contributed by atoms with van der Waals surface area (Å²) >= 11 is 0. The normalized spacial score (nSPS) is 16.4. The minimum absolute atomic E-state index is 0.174. The number of hydrogen-bond acceptors (Lipinski definition) is 5. The van der Waals surface area contributed by atoms with E-state index in [0.29, 0.717) is 24.5 Å². The standard InChI is InChI=1S/C19H23N3O3/c1-2-24-16-7-5-15(6-8-16)22-19(23)14-9-10-20-18(12-14)21-13-17-4-3-11-25-17/h5-10,12,17H,2-4,11,13H2,1H3,(H,20,21)(H,22,23). The van der Waals surface area contributed by atoms with Crippen molar-refractivity contribution in [3.63, 3.8) is 0 Å². The minimum atomic E-state index is -0.174. The highest BCUT2D eigenvalue weighted by molar-refractivity contribution is 6.04. The van der Waals surface area contributed by atoms with Crippen LogP contribution in [0.3, 0.4) is 0 Å². The van der Waals surface area contributed by atoms with Gasteiger partial charge in [0.15, 0.2) is 0 Å². The molecule has 132 valence electrons. The topological polar surface area (TPSA) is 72.5 Å². The van der Waals surface area contributed by atoms with Crippen LogP contribution in [-0.2, 0) is 4.74 Å². The Morgan fingerprint density at radius 2 is 2.16 bits per heavy atom. The van der Waals surface area contributed by atoms with Crippen molar-refractivity contribution in [3.05, 3.63) is 48.2 Å². The van der Waals surface area contributed by atoms with E-state index in [1.54, 1.807) is 18.3 Å². The number of rotatable bonds is 7. The van der Waals surface area contributed by atoms with Gasteiger partial charge in [0.1, 0.15) is 11.6 Å². The van der Waals surface area contributed by atoms with Gasteiger partial charge in [-0.3, -0.25) is 4.79 Å². The van der Waals surface area contributed by atoms with Gasteiger partial charge in [-0.1, -0.05) is 0 Å². The summed E-state index contributed by atoms with van der Waals surface area (Å²) in [6.07, 6.45) is 4.02. The molecule has 3 rings (SSSR count). The summed E-state index contributed by atoms with van der Waals surface area (Å²) < 4.78 is 11.0. The molecule has 1 aromatic heterocycles. The SMILES string of the molecule is CCOc1ccc(NC(=O)c2ccnc(NCC3CCCO3)c2)cc1. The fraction of sp³-hybridized carbons (Fsp3) is 0.368. The van der Waals surface area contributed by atoms with Gasteiger partial charge in [-0.15, -0.1) is 0 Å². The molecular formula is C19H23N3O3. The number of pyridine rings is 1. The third-order valence-corrected chi connectivity index (χ3v) is 3.98. The molecule has 6 nitrogen and oxygen atoms in total. The van der Waals surface area contributed by atoms with Crippen LogP contribution in [0.1, 0.15) is 30.1 Å². The summed E-state index contributed by atoms with van der Waals surface area (Å²) in [5, 5.41) is 6.11. The molecule has 0 aliphatic carbocycles. The van der Waals surface area contributed by atoms with E-state index < -0.39 is 0 Å². The van der Waals surface area contributed by atoms with E-state index in [1.807, 2.05) is 31.2 Å². The molecule has 1 atom stereocenters. The van der Waals surface area contributed by atoms with Crippen molar-refractivity contribution in [3.8, 4) is 5.75 Å². The molecule has 1 aliphatic rings. The first kappa shape index (κ1) is 17.2. The highest BCUT2D eigenvalue weighted by atomic mass is 16.5. The van der Waals surface area contributed by atoms with Crippen molar-refractivity contribution in [1.82, 2.24) is 4.98 Å². The van der Waals surface area contributed by atoms with Crippen LogP contribution in [0.2, 0.25) is 0 Å². The quantitative estimate of drug-likeness (QED) is 0.808. The molecule has 2 N–H and O–H groups in total. The lowest BCUT2D eigenvalue weighted by molar-refractivity contribution is 0.102. The minimum Gasteiger partial charge on any atom is -0.494 e. The smallest absolute Gasteiger partial charge is 0.255 e. The summed E-state index contributed by atoms with van der Waals surface area (Å²) in [6.45, 7) is 4.08. The number of nitrogens with zero attached hydrogens (tertiary/aromatic N) is 1. The number of ether oxygens (including phenoxy) is 2. The summed E-state index contributed by atoms with van der Waals surface area (Å²) in [7, 11) is 0. The second-order valence-electron chi connectivity index (χ2n) is 5.86. The van der Waals surface area contributed by atoms with E-state index in [1.165, 1.54) is 0 Å². The number of nitrogens with one attached hydrogen (secondary N) is 2. The average molecular weight is 341 g/mol. The van der Waals surface area contributed by atoms with E-state index in [0.717, 1.165) is 30.9 Å². The van der Waals surface area contributed by atoms with Gasteiger partial charge in [-0.05, 0) is 56.2 Å². The Morgan fingerprint density at radius 3 is 2.88 bits per heavy atom. The molecule has 1 aromatic carbocycles. The Morgan fingerprint density at radius 1 is 1.32 bits per heavy atom. The zero-order valence-corrected chi connectivity index (χ0v) is 14.3. The number of carbonyl (C=O) groups excluding carboxylic acids is 1. The van der Waals surface area contributed by atoms with E-state index in [-0.39, 0.29) is 12.0 Å². The Kier molecular flexibility index (Phi) is 5.85. The number of carbonyl (C=O) groups is 1. The number of benzene rings is 1. The summed E-state index contributed by atoms with van der Waals surface area (Å²) in [5.74, 6) is 1.28. The Hall–Kier alpha value is -2.60. The average Bonchev–Trinajstić information content (AvgIpc) is 3.16. The maximum Gasteiger partial charge on any atom is 0.255 e. The lowest BCUT2D eigenvalue weighted by Crippen LogP contribution is -2.19. The van der Waals surface area contributed by atoms with Crippen LogP contribution < -0.4 is 15.4 Å². The van der Waals surface area contributed by atoms with Gasteiger partial charge >= 0.3 is 0 Å². The third-order valence-electron chi connectivity index (χ3n) is 3.98. The van der Waals surface area contributed by atoms with Crippen LogP contribution in [0.25, 0.3) is 0 Å². The van der Waals surface area contributed by atoms with Crippen LogP contribution >= 0.6 is 0 Å². The number of anilines is 2. The number of aromatic nitrogens is 1. The summed E-state index contributed by atoms with van der Waals surface area (Å²) in [6, 6.07) is 10.8. The van der Waals surface area contributed by atoms with Crippen LogP contribution in [0, 0.1) is 0 Å². The van der Waals surface area contributed by atoms with Crippen molar-refractivity contribution in [1.29, 1.82) is 0 Å². The maximum absolute atomic E-state index is 12.4. The molecule has 0 spiro atoms. The van der Waals surface area contributed by atoms with Crippen molar-refractivity contribution in [2.45, 2.75) is 25.9 Å². The lowest BCUT2D eigenvalue weighted by atomic mass is 10.2. The fourth-order valence-corrected chi connectivity index (χ4v) is 2.70. The third kappa shape index (κ3) is 4.93. The van der Waals surface area contributed by atoms with Gasteiger partial charge in [-0.25, -0.2) is 4.98 Å². The predicted octanol–water partition coefficient (Wildman–Crippen LogP) is 3.32. The Balaban J connectivity index is 1.58. The molecule has 25 heavy (non-hydrogen) atoms. The van der Waals surface area contributed by atoms with Crippen molar-refractivity contribution < 1.29 is 14.3 Å². The first-order chi connectivity index (χ1) is 12.2. The molecule has 0 saturated carbocycles. The molecule has 0 radical (unpaired) electrons. The molecule has 1 amide bonds. The van der Waals surface area contributed by atoms with Gasteiger partial charge in [0.05, 0.1) is 12.7 Å². The Labute approximate surface area is 147 Å². The molecule has 2 aromatic rings. The lowest BCUT2D eigenvalue weighted by Gasteiger charge is -2.12. The molecule has 2 heterocycles. The monoisotopic (exact) mass is 341 g/mol. The Bertz CT molecular complexity index is 697. The van der Waals surface area contributed by atoms with Crippen LogP contribution in [0.5, 0.6) is 5.75 Å². The second kappa shape index (κ2) is 8.48. The molecule has 1 fully saturated rings. The van der Waals surface area contributed by atoms with E-state index in [2.05, 4.69) is 15.6 Å². The maximum atomic E-state index is 12.4. The molecule has 6 heteroatoms. The van der Waals surface area contributed by atoms with Gasteiger partial charge < -0.3 is 20.1 Å². The van der Waals surface area contributed by atoms with Crippen LogP contribution in [-0.4, -0.2) is 36.8 Å². The fourth-order valence-electron chi connectivity index (χ4n) is 2.70. The predicted molar refractivity (Wildman–Crippen MR) is 97.3 cm³/mol. The van der Waals surface area contributed by atoms with Crippen molar-refractivity contribution >= 4 is 17.4 Å². The van der Waals surface area contributed by atoms with Gasteiger partial charge in [-0.2, -0.15) is 0 Å². The molecule has 1 aliphatic heterocycles. The van der Waals surface area contributed by atoms with Crippen LogP contribution in [0.4, 0.5) is 11.5 Å². The largest absolute Gasteiger partial charge is 0.494 e. The molecular weight excluding hydrogens is 318 g/mol. The van der Waals surface area contributed by atoms with Crippen molar-refractivity contribution in [2.75, 3.05) is 30.4 Å². The van der Waals surface area contributed by atoms with Crippen LogP contribution in [0.15, 0.2) is 42.6 Å². The zero-order valence-electron chi connectivity index (χ0n) is 14.3. The number of hydrogen-bond donors (Lipinski definition) is 2. The molecule has 0 bridgehead atoms. The first-order valence-electron chi connectivity index (χ1n) is 8.60. The first-order valence-corrected chi connectivity index (χ1v) is 8.60. The van der Waals surface area contributed by atoms with E-state index >= 15 is 0 Å². The van der Waals surface area contributed by atoms with Gasteiger partial charge in [0, 0.05) is 30.6 Å².